The summed E-state index contributed by atoms with van der Waals surface area (Å²) in [6.45, 7) is 11.1. The first-order valence-electron chi connectivity index (χ1n) is 9.28. The number of carbonyl (C=O) groups is 2. The van der Waals surface area contributed by atoms with Crippen molar-refractivity contribution in [2.45, 2.75) is 65.1 Å². The van der Waals surface area contributed by atoms with Gasteiger partial charge in [0.25, 0.3) is 0 Å². The maximum atomic E-state index is 12.7. The molecule has 1 saturated heterocycles. The summed E-state index contributed by atoms with van der Waals surface area (Å²) in [5, 5.41) is 3.56. The van der Waals surface area contributed by atoms with Crippen molar-refractivity contribution in [2.75, 3.05) is 25.0 Å². The smallest absolute Gasteiger partial charge is 0.410 e. The van der Waals surface area contributed by atoms with Crippen molar-refractivity contribution in [3.05, 3.63) is 10.6 Å². The zero-order valence-electron chi connectivity index (χ0n) is 16.0. The first kappa shape index (κ1) is 19.1. The van der Waals surface area contributed by atoms with E-state index in [0.29, 0.717) is 18.1 Å². The monoisotopic (exact) mass is 380 g/mol. The quantitative estimate of drug-likeness (QED) is 0.873. The van der Waals surface area contributed by atoms with Crippen molar-refractivity contribution in [3.8, 4) is 0 Å². The number of rotatable bonds is 3. The molecule has 1 fully saturated rings. The van der Waals surface area contributed by atoms with Gasteiger partial charge in [0.2, 0.25) is 5.91 Å². The SMILES string of the molecule is CCN1CCc2nc(NC(=O)C3CCCN3C(=O)OC(C)(C)C)sc2C1. The number of hydrogen-bond acceptors (Lipinski definition) is 6. The number of hydrogen-bond donors (Lipinski definition) is 1. The van der Waals surface area contributed by atoms with Gasteiger partial charge in [0.15, 0.2) is 5.13 Å². The fourth-order valence-corrected chi connectivity index (χ4v) is 4.39. The Bertz CT molecular complexity index is 682. The molecule has 7 nitrogen and oxygen atoms in total. The van der Waals surface area contributed by atoms with Gasteiger partial charge in [-0.1, -0.05) is 6.92 Å². The molecular weight excluding hydrogens is 352 g/mol. The molecule has 0 spiro atoms. The van der Waals surface area contributed by atoms with Crippen molar-refractivity contribution in [3.63, 3.8) is 0 Å². The molecule has 2 aliphatic heterocycles. The van der Waals surface area contributed by atoms with E-state index in [1.54, 1.807) is 11.3 Å². The first-order valence-corrected chi connectivity index (χ1v) is 10.1. The summed E-state index contributed by atoms with van der Waals surface area (Å²) in [4.78, 5) is 34.8. The number of carbonyl (C=O) groups excluding carboxylic acids is 2. The van der Waals surface area contributed by atoms with E-state index in [9.17, 15) is 9.59 Å². The summed E-state index contributed by atoms with van der Waals surface area (Å²) in [6, 6.07) is -0.488. The van der Waals surface area contributed by atoms with Gasteiger partial charge in [-0.2, -0.15) is 0 Å². The number of nitrogens with zero attached hydrogens (tertiary/aromatic N) is 3. The lowest BCUT2D eigenvalue weighted by Gasteiger charge is -2.27. The highest BCUT2D eigenvalue weighted by Gasteiger charge is 2.37. The van der Waals surface area contributed by atoms with Crippen LogP contribution in [0.25, 0.3) is 0 Å². The molecule has 0 saturated carbocycles. The van der Waals surface area contributed by atoms with Crippen LogP contribution in [0.4, 0.5) is 9.93 Å². The summed E-state index contributed by atoms with van der Waals surface area (Å²) in [6.07, 6.45) is 1.95. The molecule has 1 unspecified atom stereocenters. The summed E-state index contributed by atoms with van der Waals surface area (Å²) in [5.74, 6) is -0.174. The Morgan fingerprint density at radius 2 is 2.12 bits per heavy atom. The van der Waals surface area contributed by atoms with E-state index < -0.39 is 17.7 Å². The van der Waals surface area contributed by atoms with E-state index in [4.69, 9.17) is 4.74 Å². The average molecular weight is 381 g/mol. The third-order valence-electron chi connectivity index (χ3n) is 4.67. The van der Waals surface area contributed by atoms with E-state index in [-0.39, 0.29) is 5.91 Å². The van der Waals surface area contributed by atoms with Crippen LogP contribution in [0.3, 0.4) is 0 Å². The Hall–Kier alpha value is -1.67. The van der Waals surface area contributed by atoms with Crippen LogP contribution in [0, 0.1) is 0 Å². The second-order valence-electron chi connectivity index (χ2n) is 7.83. The van der Waals surface area contributed by atoms with E-state index in [2.05, 4.69) is 22.1 Å². The average Bonchev–Trinajstić information content (AvgIpc) is 3.18. The molecule has 0 radical (unpaired) electrons. The van der Waals surface area contributed by atoms with Crippen LogP contribution >= 0.6 is 11.3 Å². The molecule has 3 heterocycles. The van der Waals surface area contributed by atoms with Gasteiger partial charge in [0, 0.05) is 30.9 Å². The second-order valence-corrected chi connectivity index (χ2v) is 8.91. The van der Waals surface area contributed by atoms with Gasteiger partial charge in [-0.15, -0.1) is 11.3 Å². The van der Waals surface area contributed by atoms with Crippen LogP contribution in [0.1, 0.15) is 51.1 Å². The molecule has 2 aliphatic rings. The molecule has 0 aromatic carbocycles. The number of likely N-dealkylation sites (N-methyl/N-ethyl adjacent to an activating group) is 1. The lowest BCUT2D eigenvalue weighted by atomic mass is 10.2. The molecule has 1 aromatic heterocycles. The van der Waals surface area contributed by atoms with Crippen molar-refractivity contribution < 1.29 is 14.3 Å². The van der Waals surface area contributed by atoms with Gasteiger partial charge in [-0.25, -0.2) is 9.78 Å². The Morgan fingerprint density at radius 3 is 2.81 bits per heavy atom. The fraction of sp³-hybridized carbons (Fsp3) is 0.722. The normalized spacial score (nSPS) is 20.8. The summed E-state index contributed by atoms with van der Waals surface area (Å²) < 4.78 is 5.43. The molecule has 0 bridgehead atoms. The number of thiazole rings is 1. The molecule has 0 aliphatic carbocycles. The van der Waals surface area contributed by atoms with Gasteiger partial charge in [-0.05, 0) is 40.2 Å². The lowest BCUT2D eigenvalue weighted by molar-refractivity contribution is -0.120. The van der Waals surface area contributed by atoms with E-state index in [1.165, 1.54) is 9.78 Å². The largest absolute Gasteiger partial charge is 0.444 e. The number of aromatic nitrogens is 1. The van der Waals surface area contributed by atoms with Gasteiger partial charge in [-0.3, -0.25) is 14.6 Å². The molecule has 1 atom stereocenters. The highest BCUT2D eigenvalue weighted by Crippen LogP contribution is 2.29. The number of fused-ring (bicyclic) bond motifs is 1. The summed E-state index contributed by atoms with van der Waals surface area (Å²) >= 11 is 1.54. The van der Waals surface area contributed by atoms with Crippen molar-refractivity contribution in [2.24, 2.45) is 0 Å². The zero-order valence-corrected chi connectivity index (χ0v) is 16.8. The van der Waals surface area contributed by atoms with Crippen molar-refractivity contribution in [1.82, 2.24) is 14.8 Å². The van der Waals surface area contributed by atoms with E-state index in [1.807, 2.05) is 20.8 Å². The third-order valence-corrected chi connectivity index (χ3v) is 5.67. The van der Waals surface area contributed by atoms with Crippen LogP contribution in [0.15, 0.2) is 0 Å². The Morgan fingerprint density at radius 1 is 1.35 bits per heavy atom. The number of anilines is 1. The van der Waals surface area contributed by atoms with Gasteiger partial charge < -0.3 is 10.1 Å². The Kier molecular flexibility index (Phi) is 5.53. The standard InChI is InChI=1S/C18H28N4O3S/c1-5-21-10-8-12-14(11-21)26-16(19-12)20-15(23)13-7-6-9-22(13)17(24)25-18(2,3)4/h13H,5-11H2,1-4H3,(H,19,20,23). The minimum absolute atomic E-state index is 0.174. The van der Waals surface area contributed by atoms with Crippen LogP contribution < -0.4 is 5.32 Å². The van der Waals surface area contributed by atoms with Gasteiger partial charge >= 0.3 is 6.09 Å². The topological polar surface area (TPSA) is 74.8 Å². The maximum Gasteiger partial charge on any atom is 0.410 e. The van der Waals surface area contributed by atoms with E-state index in [0.717, 1.165) is 38.2 Å². The molecule has 144 valence electrons. The summed E-state index contributed by atoms with van der Waals surface area (Å²) in [7, 11) is 0. The predicted molar refractivity (Wildman–Crippen MR) is 101 cm³/mol. The van der Waals surface area contributed by atoms with E-state index >= 15 is 0 Å². The Balaban J connectivity index is 1.64. The molecular formula is C18H28N4O3S. The molecule has 8 heteroatoms. The predicted octanol–water partition coefficient (Wildman–Crippen LogP) is 2.86. The number of amides is 2. The molecule has 3 rings (SSSR count). The van der Waals surface area contributed by atoms with Crippen LogP contribution in [-0.4, -0.2) is 58.1 Å². The highest BCUT2D eigenvalue weighted by atomic mass is 32.1. The number of nitrogens with one attached hydrogen (secondary N) is 1. The van der Waals surface area contributed by atoms with Crippen molar-refractivity contribution in [1.29, 1.82) is 0 Å². The minimum atomic E-state index is -0.569. The fourth-order valence-electron chi connectivity index (χ4n) is 3.34. The first-order chi connectivity index (χ1) is 12.3. The van der Waals surface area contributed by atoms with Crippen molar-refractivity contribution >= 4 is 28.5 Å². The maximum absolute atomic E-state index is 12.7. The molecule has 1 aromatic rings. The molecule has 1 N–H and O–H groups in total. The number of likely N-dealkylation sites (tertiary alicyclic amines) is 1. The lowest BCUT2D eigenvalue weighted by Crippen LogP contribution is -2.45. The molecule has 26 heavy (non-hydrogen) atoms. The molecule has 2 amide bonds. The minimum Gasteiger partial charge on any atom is -0.444 e. The highest BCUT2D eigenvalue weighted by molar-refractivity contribution is 7.15. The van der Waals surface area contributed by atoms with Gasteiger partial charge in [0.1, 0.15) is 11.6 Å². The summed E-state index contributed by atoms with van der Waals surface area (Å²) in [5.41, 5.74) is 0.519. The van der Waals surface area contributed by atoms with Crippen LogP contribution in [0.2, 0.25) is 0 Å². The second kappa shape index (κ2) is 7.52. The Labute approximate surface area is 158 Å². The van der Waals surface area contributed by atoms with Gasteiger partial charge in [0.05, 0.1) is 5.69 Å². The third kappa shape index (κ3) is 4.35. The van der Waals surface area contributed by atoms with Crippen LogP contribution in [-0.2, 0) is 22.5 Å². The van der Waals surface area contributed by atoms with Crippen LogP contribution in [0.5, 0.6) is 0 Å². The number of ether oxygens (including phenoxy) is 1. The zero-order chi connectivity index (χ0) is 18.9.